The number of aromatic nitrogens is 2. The van der Waals surface area contributed by atoms with E-state index in [1.807, 2.05) is 6.92 Å². The van der Waals surface area contributed by atoms with Crippen LogP contribution in [-0.4, -0.2) is 15.9 Å². The summed E-state index contributed by atoms with van der Waals surface area (Å²) >= 11 is 0. The third-order valence-corrected chi connectivity index (χ3v) is 2.75. The molecular weight excluding hydrogens is 178 g/mol. The summed E-state index contributed by atoms with van der Waals surface area (Å²) in [4.78, 5) is 18.4. The summed E-state index contributed by atoms with van der Waals surface area (Å²) in [5, 5.41) is 2.90. The second-order valence-electron chi connectivity index (χ2n) is 3.92. The highest BCUT2D eigenvalue weighted by Gasteiger charge is 2.32. The van der Waals surface area contributed by atoms with E-state index in [-0.39, 0.29) is 11.8 Å². The van der Waals surface area contributed by atoms with Gasteiger partial charge < -0.3 is 10.3 Å². The van der Waals surface area contributed by atoms with Crippen molar-refractivity contribution in [2.45, 2.75) is 26.3 Å². The van der Waals surface area contributed by atoms with Crippen molar-refractivity contribution < 1.29 is 4.79 Å². The van der Waals surface area contributed by atoms with E-state index >= 15 is 0 Å². The maximum absolute atomic E-state index is 11.6. The minimum atomic E-state index is 0.155. The summed E-state index contributed by atoms with van der Waals surface area (Å²) in [6.45, 7) is 2.55. The maximum atomic E-state index is 11.6. The van der Waals surface area contributed by atoms with Crippen LogP contribution in [0, 0.1) is 11.8 Å². The number of amides is 1. The highest BCUT2D eigenvalue weighted by molar-refractivity contribution is 5.78. The first-order valence-electron chi connectivity index (χ1n) is 5.02. The molecule has 2 N–H and O–H groups in total. The van der Waals surface area contributed by atoms with Gasteiger partial charge in [-0.05, 0) is 18.8 Å². The lowest BCUT2D eigenvalue weighted by Crippen LogP contribution is -2.29. The van der Waals surface area contributed by atoms with Crippen molar-refractivity contribution >= 4 is 5.91 Å². The average Bonchev–Trinajstić information content (AvgIpc) is 2.91. The fraction of sp³-hybridized carbons (Fsp3) is 0.600. The lowest BCUT2D eigenvalue weighted by molar-refractivity contribution is -0.125. The molecule has 1 aromatic heterocycles. The van der Waals surface area contributed by atoms with Gasteiger partial charge in [0.1, 0.15) is 0 Å². The molecule has 0 radical (unpaired) electrons. The Morgan fingerprint density at radius 1 is 1.79 bits per heavy atom. The Labute approximate surface area is 83.1 Å². The molecule has 0 aromatic carbocycles. The summed E-state index contributed by atoms with van der Waals surface area (Å²) in [6.07, 6.45) is 5.76. The number of hydrogen-bond acceptors (Lipinski definition) is 2. The smallest absolute Gasteiger partial charge is 0.223 e. The minimum absolute atomic E-state index is 0.155. The molecule has 1 aliphatic carbocycles. The van der Waals surface area contributed by atoms with E-state index in [9.17, 15) is 4.79 Å². The largest absolute Gasteiger partial charge is 0.350 e. The molecule has 1 amide bonds. The molecule has 2 rings (SSSR count). The number of aromatic amines is 1. The fourth-order valence-electron chi connectivity index (χ4n) is 1.53. The van der Waals surface area contributed by atoms with Crippen molar-refractivity contribution in [1.82, 2.24) is 15.3 Å². The monoisotopic (exact) mass is 193 g/mol. The highest BCUT2D eigenvalue weighted by atomic mass is 16.1. The van der Waals surface area contributed by atoms with E-state index in [4.69, 9.17) is 0 Å². The third kappa shape index (κ3) is 2.13. The molecular formula is C10H15N3O. The zero-order valence-corrected chi connectivity index (χ0v) is 8.29. The molecule has 1 aromatic rings. The Morgan fingerprint density at radius 3 is 3.14 bits per heavy atom. The number of hydrogen-bond donors (Lipinski definition) is 2. The molecule has 0 spiro atoms. The van der Waals surface area contributed by atoms with Gasteiger partial charge in [0.05, 0.1) is 18.6 Å². The SMILES string of the molecule is CC(C(=O)NCc1cnc[nH]1)C1CC1. The van der Waals surface area contributed by atoms with Gasteiger partial charge in [-0.3, -0.25) is 4.79 Å². The van der Waals surface area contributed by atoms with Gasteiger partial charge in [0, 0.05) is 12.1 Å². The number of rotatable bonds is 4. The van der Waals surface area contributed by atoms with E-state index in [0.29, 0.717) is 12.5 Å². The number of carbonyl (C=O) groups excluding carboxylic acids is 1. The molecule has 14 heavy (non-hydrogen) atoms. The molecule has 76 valence electrons. The van der Waals surface area contributed by atoms with Gasteiger partial charge in [-0.1, -0.05) is 6.92 Å². The first kappa shape index (κ1) is 9.24. The zero-order valence-electron chi connectivity index (χ0n) is 8.29. The normalized spacial score (nSPS) is 17.8. The predicted octanol–water partition coefficient (Wildman–Crippen LogP) is 1.07. The maximum Gasteiger partial charge on any atom is 0.223 e. The first-order valence-corrected chi connectivity index (χ1v) is 5.02. The second kappa shape index (κ2) is 3.82. The molecule has 1 aliphatic rings. The fourth-order valence-corrected chi connectivity index (χ4v) is 1.53. The van der Waals surface area contributed by atoms with Crippen LogP contribution in [0.3, 0.4) is 0 Å². The number of carbonyl (C=O) groups is 1. The lowest BCUT2D eigenvalue weighted by Gasteiger charge is -2.09. The summed E-state index contributed by atoms with van der Waals surface area (Å²) in [5.74, 6) is 0.941. The number of nitrogens with one attached hydrogen (secondary N) is 2. The van der Waals surface area contributed by atoms with Crippen LogP contribution in [0.2, 0.25) is 0 Å². The van der Waals surface area contributed by atoms with Crippen molar-refractivity contribution in [3.63, 3.8) is 0 Å². The van der Waals surface area contributed by atoms with Crippen molar-refractivity contribution in [3.05, 3.63) is 18.2 Å². The van der Waals surface area contributed by atoms with Gasteiger partial charge in [0.15, 0.2) is 0 Å². The minimum Gasteiger partial charge on any atom is -0.350 e. The van der Waals surface area contributed by atoms with Crippen molar-refractivity contribution in [2.24, 2.45) is 11.8 Å². The van der Waals surface area contributed by atoms with Crippen LogP contribution >= 0.6 is 0 Å². The standard InChI is InChI=1S/C10H15N3O/c1-7(8-2-3-8)10(14)12-5-9-4-11-6-13-9/h4,6-8H,2-3,5H2,1H3,(H,11,13)(H,12,14). The molecule has 0 aliphatic heterocycles. The molecule has 4 heteroatoms. The van der Waals surface area contributed by atoms with E-state index < -0.39 is 0 Å². The van der Waals surface area contributed by atoms with Gasteiger partial charge in [0.2, 0.25) is 5.91 Å². The lowest BCUT2D eigenvalue weighted by atomic mass is 10.1. The van der Waals surface area contributed by atoms with Crippen LogP contribution < -0.4 is 5.32 Å². The number of nitrogens with zero attached hydrogens (tertiary/aromatic N) is 1. The molecule has 0 bridgehead atoms. The number of imidazole rings is 1. The van der Waals surface area contributed by atoms with Gasteiger partial charge in [-0.2, -0.15) is 0 Å². The Kier molecular flexibility index (Phi) is 2.52. The predicted molar refractivity (Wildman–Crippen MR) is 52.3 cm³/mol. The van der Waals surface area contributed by atoms with Crippen LogP contribution in [-0.2, 0) is 11.3 Å². The summed E-state index contributed by atoms with van der Waals surface area (Å²) in [7, 11) is 0. The van der Waals surface area contributed by atoms with Crippen LogP contribution in [0.4, 0.5) is 0 Å². The highest BCUT2D eigenvalue weighted by Crippen LogP contribution is 2.36. The molecule has 1 fully saturated rings. The third-order valence-electron chi connectivity index (χ3n) is 2.75. The number of H-pyrrole nitrogens is 1. The second-order valence-corrected chi connectivity index (χ2v) is 3.92. The first-order chi connectivity index (χ1) is 6.77. The van der Waals surface area contributed by atoms with Gasteiger partial charge in [-0.25, -0.2) is 4.98 Å². The van der Waals surface area contributed by atoms with Crippen LogP contribution in [0.25, 0.3) is 0 Å². The molecule has 0 saturated heterocycles. The van der Waals surface area contributed by atoms with Gasteiger partial charge in [-0.15, -0.1) is 0 Å². The van der Waals surface area contributed by atoms with Crippen molar-refractivity contribution in [3.8, 4) is 0 Å². The van der Waals surface area contributed by atoms with Crippen molar-refractivity contribution in [1.29, 1.82) is 0 Å². The van der Waals surface area contributed by atoms with Gasteiger partial charge in [0.25, 0.3) is 0 Å². The Balaban J connectivity index is 1.77. The van der Waals surface area contributed by atoms with Crippen LogP contribution in [0.15, 0.2) is 12.5 Å². The molecule has 1 saturated carbocycles. The Hall–Kier alpha value is -1.32. The Bertz CT molecular complexity index is 303. The Morgan fingerprint density at radius 2 is 2.57 bits per heavy atom. The van der Waals surface area contributed by atoms with Crippen molar-refractivity contribution in [2.75, 3.05) is 0 Å². The van der Waals surface area contributed by atoms with E-state index in [1.54, 1.807) is 12.5 Å². The summed E-state index contributed by atoms with van der Waals surface area (Å²) < 4.78 is 0. The zero-order chi connectivity index (χ0) is 9.97. The van der Waals surface area contributed by atoms with Crippen LogP contribution in [0.1, 0.15) is 25.5 Å². The van der Waals surface area contributed by atoms with E-state index in [2.05, 4.69) is 15.3 Å². The molecule has 1 unspecified atom stereocenters. The average molecular weight is 193 g/mol. The summed E-state index contributed by atoms with van der Waals surface area (Å²) in [5.41, 5.74) is 0.946. The summed E-state index contributed by atoms with van der Waals surface area (Å²) in [6, 6.07) is 0. The molecule has 4 nitrogen and oxygen atoms in total. The van der Waals surface area contributed by atoms with E-state index in [0.717, 1.165) is 5.69 Å². The quantitative estimate of drug-likeness (QED) is 0.751. The molecule has 1 heterocycles. The topological polar surface area (TPSA) is 57.8 Å². The van der Waals surface area contributed by atoms with Crippen LogP contribution in [0.5, 0.6) is 0 Å². The molecule has 1 atom stereocenters. The van der Waals surface area contributed by atoms with Gasteiger partial charge >= 0.3 is 0 Å². The van der Waals surface area contributed by atoms with E-state index in [1.165, 1.54) is 12.8 Å².